The summed E-state index contributed by atoms with van der Waals surface area (Å²) in [6.07, 6.45) is 2.30. The molecule has 0 atom stereocenters. The molecular weight excluding hydrogens is 222 g/mol. The van der Waals surface area contributed by atoms with Crippen LogP contribution < -0.4 is 5.32 Å². The minimum absolute atomic E-state index is 0.182. The average molecular weight is 240 g/mol. The third kappa shape index (κ3) is 2.76. The first kappa shape index (κ1) is 11.9. The first-order valence-corrected chi connectivity index (χ1v) is 6.10. The minimum Gasteiger partial charge on any atom is -0.396 e. The van der Waals surface area contributed by atoms with Gasteiger partial charge >= 0.3 is 0 Å². The van der Waals surface area contributed by atoms with Gasteiger partial charge in [-0.1, -0.05) is 23.7 Å². The molecule has 2 rings (SSSR count). The van der Waals surface area contributed by atoms with Crippen molar-refractivity contribution >= 4 is 11.6 Å². The van der Waals surface area contributed by atoms with Crippen molar-refractivity contribution < 1.29 is 5.11 Å². The third-order valence-electron chi connectivity index (χ3n) is 3.34. The second-order valence-corrected chi connectivity index (χ2v) is 5.25. The standard InChI is InChI=1S/C13H18ClNO/c1-10-6-11(2-3-12(10)14)7-15-8-13(9-16)4-5-13/h2-3,6,15-16H,4-5,7-9H2,1H3. The number of aliphatic hydroxyl groups excluding tert-OH is 1. The smallest absolute Gasteiger partial charge is 0.0499 e. The molecule has 0 bridgehead atoms. The van der Waals surface area contributed by atoms with Gasteiger partial charge in [0.2, 0.25) is 0 Å². The van der Waals surface area contributed by atoms with Crippen LogP contribution in [0.2, 0.25) is 5.02 Å². The van der Waals surface area contributed by atoms with Gasteiger partial charge in [0.05, 0.1) is 0 Å². The molecule has 2 nitrogen and oxygen atoms in total. The van der Waals surface area contributed by atoms with E-state index in [0.29, 0.717) is 6.61 Å². The Balaban J connectivity index is 1.83. The van der Waals surface area contributed by atoms with Crippen LogP contribution in [0, 0.1) is 12.3 Å². The van der Waals surface area contributed by atoms with Gasteiger partial charge < -0.3 is 10.4 Å². The highest BCUT2D eigenvalue weighted by Gasteiger charge is 2.41. The Hall–Kier alpha value is -0.570. The highest BCUT2D eigenvalue weighted by atomic mass is 35.5. The Morgan fingerprint density at radius 3 is 2.75 bits per heavy atom. The lowest BCUT2D eigenvalue weighted by molar-refractivity contribution is 0.207. The van der Waals surface area contributed by atoms with Crippen molar-refractivity contribution in [3.8, 4) is 0 Å². The fourth-order valence-corrected chi connectivity index (χ4v) is 1.97. The average Bonchev–Trinajstić information content (AvgIpc) is 3.04. The van der Waals surface area contributed by atoms with Gasteiger partial charge in [-0.25, -0.2) is 0 Å². The van der Waals surface area contributed by atoms with Crippen LogP contribution >= 0.6 is 11.6 Å². The Kier molecular flexibility index (Phi) is 3.53. The Morgan fingerprint density at radius 1 is 1.44 bits per heavy atom. The second kappa shape index (κ2) is 4.74. The second-order valence-electron chi connectivity index (χ2n) is 4.85. The topological polar surface area (TPSA) is 32.3 Å². The maximum atomic E-state index is 9.18. The lowest BCUT2D eigenvalue weighted by Gasteiger charge is -2.13. The number of rotatable bonds is 5. The summed E-state index contributed by atoms with van der Waals surface area (Å²) in [6, 6.07) is 6.08. The number of hydrogen-bond donors (Lipinski definition) is 2. The number of benzene rings is 1. The quantitative estimate of drug-likeness (QED) is 0.828. The zero-order chi connectivity index (χ0) is 11.6. The minimum atomic E-state index is 0.182. The van der Waals surface area contributed by atoms with E-state index in [1.165, 1.54) is 5.56 Å². The van der Waals surface area contributed by atoms with Crippen molar-refractivity contribution in [2.45, 2.75) is 26.3 Å². The van der Waals surface area contributed by atoms with Gasteiger partial charge in [0.15, 0.2) is 0 Å². The summed E-state index contributed by atoms with van der Waals surface area (Å²) < 4.78 is 0. The zero-order valence-corrected chi connectivity index (χ0v) is 10.3. The first-order valence-electron chi connectivity index (χ1n) is 5.72. The van der Waals surface area contributed by atoms with Gasteiger partial charge in [0.25, 0.3) is 0 Å². The fourth-order valence-electron chi connectivity index (χ4n) is 1.86. The molecule has 0 radical (unpaired) electrons. The normalized spacial score (nSPS) is 17.4. The molecule has 16 heavy (non-hydrogen) atoms. The van der Waals surface area contributed by atoms with Gasteiger partial charge in [-0.05, 0) is 37.0 Å². The van der Waals surface area contributed by atoms with E-state index in [9.17, 15) is 5.11 Å². The van der Waals surface area contributed by atoms with Crippen LogP contribution in [0.3, 0.4) is 0 Å². The van der Waals surface area contributed by atoms with Crippen LogP contribution in [-0.4, -0.2) is 18.3 Å². The van der Waals surface area contributed by atoms with Crippen molar-refractivity contribution in [3.63, 3.8) is 0 Å². The van der Waals surface area contributed by atoms with Crippen LogP contribution in [0.4, 0.5) is 0 Å². The molecule has 2 N–H and O–H groups in total. The molecule has 0 aliphatic heterocycles. The molecule has 1 aliphatic rings. The van der Waals surface area contributed by atoms with E-state index in [4.69, 9.17) is 11.6 Å². The number of aliphatic hydroxyl groups is 1. The van der Waals surface area contributed by atoms with Gasteiger partial charge in [-0.3, -0.25) is 0 Å². The van der Waals surface area contributed by atoms with Crippen LogP contribution in [0.5, 0.6) is 0 Å². The number of hydrogen-bond acceptors (Lipinski definition) is 2. The van der Waals surface area contributed by atoms with Crippen LogP contribution in [0.1, 0.15) is 24.0 Å². The molecule has 1 fully saturated rings. The molecule has 0 saturated heterocycles. The number of nitrogens with one attached hydrogen (secondary N) is 1. The summed E-state index contributed by atoms with van der Waals surface area (Å²) in [5, 5.41) is 13.4. The summed E-state index contributed by atoms with van der Waals surface area (Å²) in [6.45, 7) is 4.08. The zero-order valence-electron chi connectivity index (χ0n) is 9.59. The largest absolute Gasteiger partial charge is 0.396 e. The molecule has 1 aliphatic carbocycles. The highest BCUT2D eigenvalue weighted by molar-refractivity contribution is 6.31. The molecular formula is C13H18ClNO. The summed E-state index contributed by atoms with van der Waals surface area (Å²) in [4.78, 5) is 0. The summed E-state index contributed by atoms with van der Waals surface area (Å²) in [5.74, 6) is 0. The molecule has 88 valence electrons. The molecule has 0 spiro atoms. The van der Waals surface area contributed by atoms with E-state index >= 15 is 0 Å². The van der Waals surface area contributed by atoms with Crippen molar-refractivity contribution in [2.24, 2.45) is 5.41 Å². The van der Waals surface area contributed by atoms with Crippen LogP contribution in [0.25, 0.3) is 0 Å². The van der Waals surface area contributed by atoms with Gasteiger partial charge in [-0.15, -0.1) is 0 Å². The van der Waals surface area contributed by atoms with Crippen molar-refractivity contribution in [3.05, 3.63) is 34.3 Å². The molecule has 1 aromatic rings. The van der Waals surface area contributed by atoms with Gasteiger partial charge in [0.1, 0.15) is 0 Å². The molecule has 0 heterocycles. The maximum absolute atomic E-state index is 9.18. The van der Waals surface area contributed by atoms with Crippen LogP contribution in [-0.2, 0) is 6.54 Å². The Labute approximate surface area is 102 Å². The molecule has 1 aromatic carbocycles. The first-order chi connectivity index (χ1) is 7.65. The van der Waals surface area contributed by atoms with E-state index in [-0.39, 0.29) is 5.41 Å². The van der Waals surface area contributed by atoms with Gasteiger partial charge in [-0.2, -0.15) is 0 Å². The molecule has 0 unspecified atom stereocenters. The van der Waals surface area contributed by atoms with Crippen molar-refractivity contribution in [2.75, 3.05) is 13.2 Å². The van der Waals surface area contributed by atoms with E-state index in [2.05, 4.69) is 11.4 Å². The highest BCUT2D eigenvalue weighted by Crippen LogP contribution is 2.44. The van der Waals surface area contributed by atoms with Gasteiger partial charge in [0, 0.05) is 30.1 Å². The molecule has 1 saturated carbocycles. The van der Waals surface area contributed by atoms with Crippen molar-refractivity contribution in [1.29, 1.82) is 0 Å². The molecule has 3 heteroatoms. The summed E-state index contributed by atoms with van der Waals surface area (Å²) in [5.41, 5.74) is 2.54. The predicted octanol–water partition coefficient (Wildman–Crippen LogP) is 2.51. The lowest BCUT2D eigenvalue weighted by Crippen LogP contribution is -2.26. The third-order valence-corrected chi connectivity index (χ3v) is 3.77. The Morgan fingerprint density at radius 2 is 2.19 bits per heavy atom. The Bertz CT molecular complexity index is 374. The lowest BCUT2D eigenvalue weighted by atomic mass is 10.1. The predicted molar refractivity (Wildman–Crippen MR) is 66.6 cm³/mol. The summed E-state index contributed by atoms with van der Waals surface area (Å²) in [7, 11) is 0. The fraction of sp³-hybridized carbons (Fsp3) is 0.538. The molecule has 0 aromatic heterocycles. The SMILES string of the molecule is Cc1cc(CNCC2(CO)CC2)ccc1Cl. The van der Waals surface area contributed by atoms with Crippen LogP contribution in [0.15, 0.2) is 18.2 Å². The van der Waals surface area contributed by atoms with E-state index < -0.39 is 0 Å². The van der Waals surface area contributed by atoms with E-state index in [1.54, 1.807) is 0 Å². The van der Waals surface area contributed by atoms with E-state index in [0.717, 1.165) is 36.5 Å². The van der Waals surface area contributed by atoms with Crippen molar-refractivity contribution in [1.82, 2.24) is 5.32 Å². The molecule has 0 amide bonds. The number of halogens is 1. The van der Waals surface area contributed by atoms with E-state index in [1.807, 2.05) is 19.1 Å². The number of aryl methyl sites for hydroxylation is 1. The monoisotopic (exact) mass is 239 g/mol. The maximum Gasteiger partial charge on any atom is 0.0499 e. The summed E-state index contributed by atoms with van der Waals surface area (Å²) >= 11 is 5.97.